The number of hydrogen-bond donors (Lipinski definition) is 3. The molecule has 6 heteroatoms. The van der Waals surface area contributed by atoms with Gasteiger partial charge in [0.2, 0.25) is 0 Å². The van der Waals surface area contributed by atoms with E-state index in [0.29, 0.717) is 11.8 Å². The van der Waals surface area contributed by atoms with Gasteiger partial charge in [-0.3, -0.25) is 4.79 Å². The molecule has 3 N–H and O–H groups in total. The Hall–Kier alpha value is -0.910. The van der Waals surface area contributed by atoms with Gasteiger partial charge in [0.25, 0.3) is 0 Å². The highest BCUT2D eigenvalue weighted by Crippen LogP contribution is 2.08. The number of thioether (sulfide) groups is 1. The minimum atomic E-state index is -0.928. The monoisotopic (exact) mass is 248 g/mol. The molecule has 0 aliphatic heterocycles. The van der Waals surface area contributed by atoms with Crippen LogP contribution in [0.1, 0.15) is 27.2 Å². The third kappa shape index (κ3) is 7.39. The molecule has 0 aliphatic carbocycles. The lowest BCUT2D eigenvalue weighted by Gasteiger charge is -2.24. The van der Waals surface area contributed by atoms with Crippen molar-refractivity contribution in [2.24, 2.45) is 0 Å². The van der Waals surface area contributed by atoms with E-state index in [9.17, 15) is 9.59 Å². The molecule has 0 aromatic heterocycles. The Balaban J connectivity index is 3.98. The highest BCUT2D eigenvalue weighted by atomic mass is 32.2. The highest BCUT2D eigenvalue weighted by Gasteiger charge is 2.23. The van der Waals surface area contributed by atoms with Crippen LogP contribution in [0.2, 0.25) is 0 Å². The van der Waals surface area contributed by atoms with Crippen LogP contribution in [0, 0.1) is 0 Å². The number of carbonyl (C=O) groups is 2. The number of carboxylic acid groups (broad SMARTS) is 1. The zero-order valence-corrected chi connectivity index (χ0v) is 11.0. The number of aliphatic carboxylic acids is 1. The fourth-order valence-corrected chi connectivity index (χ4v) is 1.34. The Morgan fingerprint density at radius 1 is 1.44 bits per heavy atom. The molecule has 16 heavy (non-hydrogen) atoms. The maximum absolute atomic E-state index is 11.4. The first-order valence-corrected chi connectivity index (χ1v) is 6.36. The molecule has 0 spiro atoms. The van der Waals surface area contributed by atoms with Crippen LogP contribution in [-0.2, 0) is 4.79 Å². The van der Waals surface area contributed by atoms with Gasteiger partial charge in [-0.2, -0.15) is 11.8 Å². The second kappa shape index (κ2) is 6.62. The molecule has 0 heterocycles. The second-order valence-corrected chi connectivity index (χ2v) is 5.61. The van der Waals surface area contributed by atoms with Crippen LogP contribution < -0.4 is 10.6 Å². The molecule has 0 bridgehead atoms. The summed E-state index contributed by atoms with van der Waals surface area (Å²) in [6.45, 7) is 5.93. The number of nitrogens with one attached hydrogen (secondary N) is 2. The van der Waals surface area contributed by atoms with Crippen molar-refractivity contribution < 1.29 is 14.7 Å². The number of rotatable bonds is 6. The lowest BCUT2D eigenvalue weighted by Crippen LogP contribution is -2.50. The van der Waals surface area contributed by atoms with Crippen LogP contribution in [0.3, 0.4) is 0 Å². The molecule has 1 unspecified atom stereocenters. The van der Waals surface area contributed by atoms with Crippen LogP contribution in [0.4, 0.5) is 4.79 Å². The molecular formula is C10H20N2O3S. The Bertz CT molecular complexity index is 256. The average molecular weight is 248 g/mol. The molecular weight excluding hydrogens is 228 g/mol. The molecule has 0 rings (SSSR count). The van der Waals surface area contributed by atoms with E-state index in [0.717, 1.165) is 0 Å². The summed E-state index contributed by atoms with van der Waals surface area (Å²) < 4.78 is 0. The van der Waals surface area contributed by atoms with Crippen LogP contribution in [0.5, 0.6) is 0 Å². The number of urea groups is 1. The van der Waals surface area contributed by atoms with Gasteiger partial charge in [-0.05, 0) is 20.1 Å². The van der Waals surface area contributed by atoms with Gasteiger partial charge in [0.15, 0.2) is 0 Å². The van der Waals surface area contributed by atoms with Crippen molar-refractivity contribution >= 4 is 23.8 Å². The van der Waals surface area contributed by atoms with Gasteiger partial charge in [-0.25, -0.2) is 4.79 Å². The van der Waals surface area contributed by atoms with Gasteiger partial charge in [-0.15, -0.1) is 0 Å². The Kier molecular flexibility index (Phi) is 6.25. The van der Waals surface area contributed by atoms with E-state index >= 15 is 0 Å². The number of hydrogen-bond acceptors (Lipinski definition) is 3. The van der Waals surface area contributed by atoms with Gasteiger partial charge in [0.05, 0.1) is 6.42 Å². The highest BCUT2D eigenvalue weighted by molar-refractivity contribution is 7.99. The van der Waals surface area contributed by atoms with Crippen LogP contribution in [0.15, 0.2) is 0 Å². The minimum absolute atomic E-state index is 0.0987. The molecule has 0 saturated carbocycles. The van der Waals surface area contributed by atoms with E-state index in [2.05, 4.69) is 10.6 Å². The summed E-state index contributed by atoms with van der Waals surface area (Å²) in [5.41, 5.74) is -0.738. The van der Waals surface area contributed by atoms with Gasteiger partial charge in [-0.1, -0.05) is 6.92 Å². The first-order chi connectivity index (χ1) is 7.26. The molecule has 0 saturated heterocycles. The van der Waals surface area contributed by atoms with Gasteiger partial charge in [0.1, 0.15) is 0 Å². The fourth-order valence-electron chi connectivity index (χ4n) is 1.09. The summed E-state index contributed by atoms with van der Waals surface area (Å²) in [6.07, 6.45) is 1.87. The van der Waals surface area contributed by atoms with E-state index in [4.69, 9.17) is 5.11 Å². The molecule has 1 atom stereocenters. The third-order valence-corrected chi connectivity index (χ3v) is 2.97. The van der Waals surface area contributed by atoms with E-state index < -0.39 is 11.5 Å². The quantitative estimate of drug-likeness (QED) is 0.662. The van der Waals surface area contributed by atoms with Crippen molar-refractivity contribution in [2.45, 2.75) is 38.0 Å². The number of carboxylic acids is 1. The molecule has 0 aliphatic rings. The maximum atomic E-state index is 11.4. The summed E-state index contributed by atoms with van der Waals surface area (Å²) in [6, 6.07) is -0.327. The smallest absolute Gasteiger partial charge is 0.315 e. The lowest BCUT2D eigenvalue weighted by molar-refractivity contribution is -0.138. The number of amides is 2. The predicted octanol–water partition coefficient (Wildman–Crippen LogP) is 1.29. The summed E-state index contributed by atoms with van der Waals surface area (Å²) in [5.74, 6) is -0.928. The van der Waals surface area contributed by atoms with Crippen LogP contribution in [0.25, 0.3) is 0 Å². The molecule has 94 valence electrons. The second-order valence-electron chi connectivity index (χ2n) is 4.34. The Morgan fingerprint density at radius 3 is 2.44 bits per heavy atom. The van der Waals surface area contributed by atoms with Gasteiger partial charge < -0.3 is 15.7 Å². The van der Waals surface area contributed by atoms with Gasteiger partial charge in [0, 0.05) is 17.3 Å². The van der Waals surface area contributed by atoms with Crippen molar-refractivity contribution in [1.82, 2.24) is 10.6 Å². The fraction of sp³-hybridized carbons (Fsp3) is 0.800. The summed E-state index contributed by atoms with van der Waals surface area (Å²) in [7, 11) is 0. The summed E-state index contributed by atoms with van der Waals surface area (Å²) >= 11 is 1.66. The minimum Gasteiger partial charge on any atom is -0.481 e. The van der Waals surface area contributed by atoms with E-state index in [1.54, 1.807) is 25.6 Å². The molecule has 2 amide bonds. The summed E-state index contributed by atoms with van der Waals surface area (Å²) in [4.78, 5) is 22.0. The SMILES string of the molecule is CSC(C)CNC(=O)NC(C)(C)CC(=O)O. The Labute approximate surface area is 100 Å². The third-order valence-electron chi connectivity index (χ3n) is 2.00. The molecule has 0 radical (unpaired) electrons. The number of carbonyl (C=O) groups excluding carboxylic acids is 1. The molecule has 5 nitrogen and oxygen atoms in total. The lowest BCUT2D eigenvalue weighted by atomic mass is 10.0. The van der Waals surface area contributed by atoms with E-state index in [1.165, 1.54) is 0 Å². The van der Waals surface area contributed by atoms with Crippen molar-refractivity contribution in [3.05, 3.63) is 0 Å². The normalized spacial score (nSPS) is 13.0. The van der Waals surface area contributed by atoms with E-state index in [1.807, 2.05) is 13.2 Å². The van der Waals surface area contributed by atoms with Crippen molar-refractivity contribution in [3.63, 3.8) is 0 Å². The Morgan fingerprint density at radius 2 is 2.00 bits per heavy atom. The zero-order valence-electron chi connectivity index (χ0n) is 10.2. The molecule has 0 aromatic rings. The van der Waals surface area contributed by atoms with Crippen molar-refractivity contribution in [3.8, 4) is 0 Å². The standard InChI is InChI=1S/C10H20N2O3S/c1-7(16-4)6-11-9(15)12-10(2,3)5-8(13)14/h7H,5-6H2,1-4H3,(H,13,14)(H2,11,12,15). The topological polar surface area (TPSA) is 78.4 Å². The van der Waals surface area contributed by atoms with Crippen molar-refractivity contribution in [1.29, 1.82) is 0 Å². The largest absolute Gasteiger partial charge is 0.481 e. The van der Waals surface area contributed by atoms with Crippen LogP contribution >= 0.6 is 11.8 Å². The summed E-state index contributed by atoms with van der Waals surface area (Å²) in [5, 5.41) is 14.3. The molecule has 0 aromatic carbocycles. The maximum Gasteiger partial charge on any atom is 0.315 e. The van der Waals surface area contributed by atoms with E-state index in [-0.39, 0.29) is 12.5 Å². The molecule has 0 fully saturated rings. The van der Waals surface area contributed by atoms with Crippen LogP contribution in [-0.4, -0.2) is 40.7 Å². The predicted molar refractivity (Wildman–Crippen MR) is 65.8 cm³/mol. The first-order valence-electron chi connectivity index (χ1n) is 5.07. The first kappa shape index (κ1) is 15.1. The van der Waals surface area contributed by atoms with Crippen molar-refractivity contribution in [2.75, 3.05) is 12.8 Å². The van der Waals surface area contributed by atoms with Gasteiger partial charge >= 0.3 is 12.0 Å². The zero-order chi connectivity index (χ0) is 12.8. The average Bonchev–Trinajstić information content (AvgIpc) is 2.11.